The summed E-state index contributed by atoms with van der Waals surface area (Å²) >= 11 is 0. The molecule has 2 rings (SSSR count). The maximum atomic E-state index is 13.4. The topological polar surface area (TPSA) is 59.4 Å². The van der Waals surface area contributed by atoms with Gasteiger partial charge in [-0.05, 0) is 37.0 Å². The molecule has 0 aliphatic carbocycles. The number of rotatable bonds is 5. The third-order valence-electron chi connectivity index (χ3n) is 4.28. The van der Waals surface area contributed by atoms with E-state index in [0.717, 1.165) is 19.3 Å². The second-order valence-corrected chi connectivity index (χ2v) is 5.91. The zero-order valence-corrected chi connectivity index (χ0v) is 13.6. The summed E-state index contributed by atoms with van der Waals surface area (Å²) in [6, 6.07) is 5.60. The summed E-state index contributed by atoms with van der Waals surface area (Å²) in [6.45, 7) is 5.10. The first kappa shape index (κ1) is 17.1. The molecule has 1 aliphatic heterocycles. The zero-order valence-electron chi connectivity index (χ0n) is 13.6. The standard InChI is InChI=1S/C17H23FN4O/c1-3-13(2)16(20-15-8-6-7-14(18)11-15)17(23)22-10-5-4-9-21(22)12-19/h6-8,11,13,16,20H,3-5,9-10H2,1-2H3. The molecule has 1 aromatic carbocycles. The lowest BCUT2D eigenvalue weighted by molar-refractivity contribution is -0.148. The van der Waals surface area contributed by atoms with Gasteiger partial charge in [0.05, 0.1) is 6.54 Å². The molecule has 2 unspecified atom stereocenters. The molecule has 0 radical (unpaired) electrons. The molecule has 23 heavy (non-hydrogen) atoms. The van der Waals surface area contributed by atoms with Gasteiger partial charge in [-0.25, -0.2) is 14.4 Å². The lowest BCUT2D eigenvalue weighted by Gasteiger charge is -2.38. The predicted molar refractivity (Wildman–Crippen MR) is 86.5 cm³/mol. The van der Waals surface area contributed by atoms with Gasteiger partial charge in [0.15, 0.2) is 6.19 Å². The van der Waals surface area contributed by atoms with Crippen molar-refractivity contribution in [1.82, 2.24) is 10.0 Å². The van der Waals surface area contributed by atoms with E-state index in [-0.39, 0.29) is 17.6 Å². The van der Waals surface area contributed by atoms with Crippen molar-refractivity contribution >= 4 is 11.6 Å². The number of hydrogen-bond acceptors (Lipinski definition) is 4. The van der Waals surface area contributed by atoms with Gasteiger partial charge in [0.1, 0.15) is 11.9 Å². The molecule has 124 valence electrons. The van der Waals surface area contributed by atoms with Crippen LogP contribution in [-0.2, 0) is 4.79 Å². The van der Waals surface area contributed by atoms with Crippen molar-refractivity contribution in [3.63, 3.8) is 0 Å². The van der Waals surface area contributed by atoms with Crippen molar-refractivity contribution in [1.29, 1.82) is 5.26 Å². The summed E-state index contributed by atoms with van der Waals surface area (Å²) in [5.41, 5.74) is 0.573. The van der Waals surface area contributed by atoms with Crippen molar-refractivity contribution in [3.05, 3.63) is 30.1 Å². The molecule has 1 saturated heterocycles. The molecule has 0 spiro atoms. The van der Waals surface area contributed by atoms with Crippen molar-refractivity contribution in [3.8, 4) is 6.19 Å². The Morgan fingerprint density at radius 3 is 2.83 bits per heavy atom. The number of hydrazine groups is 1. The van der Waals surface area contributed by atoms with E-state index in [0.29, 0.717) is 18.8 Å². The number of nitriles is 1. The molecule has 2 atom stereocenters. The average Bonchev–Trinajstić information content (AvgIpc) is 2.58. The van der Waals surface area contributed by atoms with Crippen LogP contribution in [0.1, 0.15) is 33.1 Å². The van der Waals surface area contributed by atoms with Crippen molar-refractivity contribution in [2.45, 2.75) is 39.2 Å². The molecule has 1 N–H and O–H groups in total. The normalized spacial score (nSPS) is 17.3. The minimum absolute atomic E-state index is 0.0632. The molecule has 6 heteroatoms. The maximum absolute atomic E-state index is 13.4. The minimum atomic E-state index is -0.490. The highest BCUT2D eigenvalue weighted by Crippen LogP contribution is 2.20. The Balaban J connectivity index is 2.20. The fraction of sp³-hybridized carbons (Fsp3) is 0.529. The molecule has 1 fully saturated rings. The van der Waals surface area contributed by atoms with Crippen molar-refractivity contribution in [2.24, 2.45) is 5.92 Å². The largest absolute Gasteiger partial charge is 0.373 e. The van der Waals surface area contributed by atoms with E-state index in [1.54, 1.807) is 12.1 Å². The quantitative estimate of drug-likeness (QED) is 0.848. The smallest absolute Gasteiger partial charge is 0.264 e. The van der Waals surface area contributed by atoms with Gasteiger partial charge in [-0.1, -0.05) is 26.3 Å². The third-order valence-corrected chi connectivity index (χ3v) is 4.28. The number of hydrogen-bond donors (Lipinski definition) is 1. The third kappa shape index (κ3) is 4.13. The Hall–Kier alpha value is -2.29. The number of halogens is 1. The van der Waals surface area contributed by atoms with E-state index in [1.165, 1.54) is 22.2 Å². The number of carbonyl (C=O) groups is 1. The molecule has 1 heterocycles. The van der Waals surface area contributed by atoms with E-state index in [4.69, 9.17) is 0 Å². The van der Waals surface area contributed by atoms with E-state index >= 15 is 0 Å². The van der Waals surface area contributed by atoms with E-state index in [9.17, 15) is 14.4 Å². The summed E-state index contributed by atoms with van der Waals surface area (Å²) in [5.74, 6) is -0.417. The highest BCUT2D eigenvalue weighted by Gasteiger charge is 2.32. The van der Waals surface area contributed by atoms with E-state index in [1.807, 2.05) is 13.8 Å². The number of nitrogens with zero attached hydrogens (tertiary/aromatic N) is 3. The van der Waals surface area contributed by atoms with Crippen LogP contribution in [0.3, 0.4) is 0 Å². The fourth-order valence-electron chi connectivity index (χ4n) is 2.70. The number of anilines is 1. The van der Waals surface area contributed by atoms with Crippen LogP contribution in [0, 0.1) is 23.2 Å². The van der Waals surface area contributed by atoms with Crippen LogP contribution in [0.15, 0.2) is 24.3 Å². The van der Waals surface area contributed by atoms with Gasteiger partial charge in [-0.2, -0.15) is 5.26 Å². The zero-order chi connectivity index (χ0) is 16.8. The van der Waals surface area contributed by atoms with Crippen molar-refractivity contribution < 1.29 is 9.18 Å². The van der Waals surface area contributed by atoms with Gasteiger partial charge in [-0.3, -0.25) is 4.79 Å². The Morgan fingerprint density at radius 1 is 1.43 bits per heavy atom. The molecule has 0 aromatic heterocycles. The summed E-state index contributed by atoms with van der Waals surface area (Å²) < 4.78 is 13.4. The molecule has 0 bridgehead atoms. The van der Waals surface area contributed by atoms with Gasteiger partial charge in [0, 0.05) is 12.2 Å². The van der Waals surface area contributed by atoms with Crippen LogP contribution in [0.5, 0.6) is 0 Å². The van der Waals surface area contributed by atoms with E-state index < -0.39 is 6.04 Å². The summed E-state index contributed by atoms with van der Waals surface area (Å²) in [6.07, 6.45) is 4.67. The van der Waals surface area contributed by atoms with Crippen molar-refractivity contribution in [2.75, 3.05) is 18.4 Å². The first-order chi connectivity index (χ1) is 11.1. The molecular weight excluding hydrogens is 295 g/mol. The molecule has 5 nitrogen and oxygen atoms in total. The van der Waals surface area contributed by atoms with Crippen LogP contribution in [0.4, 0.5) is 10.1 Å². The molecule has 1 aliphatic rings. The average molecular weight is 318 g/mol. The van der Waals surface area contributed by atoms with Crippen LogP contribution in [0.2, 0.25) is 0 Å². The Bertz CT molecular complexity index is 586. The second-order valence-electron chi connectivity index (χ2n) is 5.91. The monoisotopic (exact) mass is 318 g/mol. The first-order valence-corrected chi connectivity index (χ1v) is 8.07. The van der Waals surface area contributed by atoms with Gasteiger partial charge in [0.25, 0.3) is 5.91 Å². The van der Waals surface area contributed by atoms with Gasteiger partial charge in [-0.15, -0.1) is 0 Å². The number of amides is 1. The maximum Gasteiger partial charge on any atom is 0.264 e. The van der Waals surface area contributed by atoms with Crippen LogP contribution in [-0.4, -0.2) is 35.1 Å². The summed E-state index contributed by atoms with van der Waals surface area (Å²) in [7, 11) is 0. The highest BCUT2D eigenvalue weighted by atomic mass is 19.1. The summed E-state index contributed by atoms with van der Waals surface area (Å²) in [5, 5.41) is 15.3. The highest BCUT2D eigenvalue weighted by molar-refractivity contribution is 5.85. The molecule has 1 aromatic rings. The number of benzene rings is 1. The first-order valence-electron chi connectivity index (χ1n) is 8.07. The summed E-state index contributed by atoms with van der Waals surface area (Å²) in [4.78, 5) is 12.9. The lowest BCUT2D eigenvalue weighted by Crippen LogP contribution is -2.54. The molecular formula is C17H23FN4O. The lowest BCUT2D eigenvalue weighted by atomic mass is 9.97. The Kier molecular flexibility index (Phi) is 5.80. The van der Waals surface area contributed by atoms with Gasteiger partial charge in [0.2, 0.25) is 0 Å². The van der Waals surface area contributed by atoms with Gasteiger partial charge >= 0.3 is 0 Å². The molecule has 1 amide bonds. The number of carbonyl (C=O) groups excluding carboxylic acids is 1. The Morgan fingerprint density at radius 2 is 2.17 bits per heavy atom. The molecule has 0 saturated carbocycles. The predicted octanol–water partition coefficient (Wildman–Crippen LogP) is 2.97. The number of nitrogens with one attached hydrogen (secondary N) is 1. The van der Waals surface area contributed by atoms with Gasteiger partial charge < -0.3 is 5.32 Å². The van der Waals surface area contributed by atoms with Crippen LogP contribution >= 0.6 is 0 Å². The SMILES string of the molecule is CCC(C)C(Nc1cccc(F)c1)C(=O)N1CCCCN1C#N. The fourth-order valence-corrected chi connectivity index (χ4v) is 2.70. The van der Waals surface area contributed by atoms with Crippen LogP contribution in [0.25, 0.3) is 0 Å². The van der Waals surface area contributed by atoms with E-state index in [2.05, 4.69) is 11.5 Å². The van der Waals surface area contributed by atoms with Crippen LogP contribution < -0.4 is 5.32 Å². The minimum Gasteiger partial charge on any atom is -0.373 e. The second kappa shape index (κ2) is 7.82. The Labute approximate surface area is 136 Å².